The summed E-state index contributed by atoms with van der Waals surface area (Å²) in [5, 5.41) is 9.60. The average Bonchev–Trinajstić information content (AvgIpc) is 3.43. The fourth-order valence-corrected chi connectivity index (χ4v) is 6.16. The van der Waals surface area contributed by atoms with E-state index >= 15 is 0 Å². The molecule has 2 aliphatic heterocycles. The van der Waals surface area contributed by atoms with E-state index in [2.05, 4.69) is 29.8 Å². The number of hydrogen-bond donors (Lipinski definition) is 1. The quantitative estimate of drug-likeness (QED) is 0.180. The van der Waals surface area contributed by atoms with Gasteiger partial charge in [-0.1, -0.05) is 130 Å². The molecule has 2 heterocycles. The van der Waals surface area contributed by atoms with Crippen LogP contribution in [0.5, 0.6) is 0 Å². The zero-order chi connectivity index (χ0) is 29.2. The van der Waals surface area contributed by atoms with E-state index in [4.69, 9.17) is 0 Å². The summed E-state index contributed by atoms with van der Waals surface area (Å²) in [6, 6.07) is 15.6. The SMILES string of the molecule is CCCCCCCCN1C(=O)C2=C(c3ccc(CO)cc3)N(CCCCCCCC)C(=O)C2=C1c1ccc(Br)cc1. The Morgan fingerprint density at radius 1 is 0.585 bits per heavy atom. The Balaban J connectivity index is 1.72. The van der Waals surface area contributed by atoms with Crippen LogP contribution in [0.2, 0.25) is 0 Å². The summed E-state index contributed by atoms with van der Waals surface area (Å²) in [4.78, 5) is 32.2. The van der Waals surface area contributed by atoms with Crippen molar-refractivity contribution in [3.05, 3.63) is 80.8 Å². The highest BCUT2D eigenvalue weighted by atomic mass is 79.9. The second kappa shape index (κ2) is 15.5. The molecule has 0 spiro atoms. The molecule has 0 unspecified atom stereocenters. The third kappa shape index (κ3) is 7.39. The zero-order valence-corrected chi connectivity index (χ0v) is 26.3. The molecule has 0 saturated heterocycles. The van der Waals surface area contributed by atoms with Gasteiger partial charge in [-0.2, -0.15) is 0 Å². The first-order valence-electron chi connectivity index (χ1n) is 15.6. The van der Waals surface area contributed by atoms with Gasteiger partial charge in [0.25, 0.3) is 11.8 Å². The monoisotopic (exact) mass is 620 g/mol. The molecular weight excluding hydrogens is 576 g/mol. The number of nitrogens with zero attached hydrogens (tertiary/aromatic N) is 2. The standard InChI is InChI=1S/C35H45BrN2O3/c1-3-5-7-9-11-13-23-37-32(27-17-15-26(25-39)16-18-27)30-31(35(37)41)33(28-19-21-29(36)22-20-28)38(34(30)40)24-14-12-10-8-6-4-2/h15-22,39H,3-14,23-25H2,1-2H3. The second-order valence-electron chi connectivity index (χ2n) is 11.3. The highest BCUT2D eigenvalue weighted by Crippen LogP contribution is 2.46. The van der Waals surface area contributed by atoms with Crippen LogP contribution in [0.25, 0.3) is 11.4 Å². The van der Waals surface area contributed by atoms with Crippen molar-refractivity contribution in [2.24, 2.45) is 0 Å². The average molecular weight is 622 g/mol. The molecule has 0 saturated carbocycles. The molecule has 2 amide bonds. The Bertz CT molecular complexity index is 1250. The number of aliphatic hydroxyl groups is 1. The smallest absolute Gasteiger partial charge is 0.261 e. The molecule has 0 radical (unpaired) electrons. The van der Waals surface area contributed by atoms with Crippen molar-refractivity contribution < 1.29 is 14.7 Å². The van der Waals surface area contributed by atoms with Crippen LogP contribution in [0.1, 0.15) is 108 Å². The molecule has 5 nitrogen and oxygen atoms in total. The number of fused-ring (bicyclic) bond motifs is 1. The van der Waals surface area contributed by atoms with Crippen LogP contribution in [-0.2, 0) is 16.2 Å². The van der Waals surface area contributed by atoms with Gasteiger partial charge < -0.3 is 14.9 Å². The van der Waals surface area contributed by atoms with Crippen molar-refractivity contribution in [3.8, 4) is 0 Å². The van der Waals surface area contributed by atoms with Crippen molar-refractivity contribution >= 4 is 39.1 Å². The van der Waals surface area contributed by atoms with Gasteiger partial charge in [-0.15, -0.1) is 0 Å². The molecule has 0 fully saturated rings. The van der Waals surface area contributed by atoms with Crippen LogP contribution in [-0.4, -0.2) is 39.8 Å². The van der Waals surface area contributed by atoms with Crippen LogP contribution in [0.4, 0.5) is 0 Å². The summed E-state index contributed by atoms with van der Waals surface area (Å²) in [5.74, 6) is -0.155. The molecule has 220 valence electrons. The Morgan fingerprint density at radius 3 is 1.39 bits per heavy atom. The van der Waals surface area contributed by atoms with Gasteiger partial charge in [-0.3, -0.25) is 9.59 Å². The fourth-order valence-electron chi connectivity index (χ4n) is 5.90. The third-order valence-electron chi connectivity index (χ3n) is 8.18. The Hall–Kier alpha value is -2.70. The summed E-state index contributed by atoms with van der Waals surface area (Å²) < 4.78 is 0.960. The first-order chi connectivity index (χ1) is 20.0. The minimum absolute atomic E-state index is 0.0452. The van der Waals surface area contributed by atoms with Crippen molar-refractivity contribution in [3.63, 3.8) is 0 Å². The maximum absolute atomic E-state index is 14.2. The van der Waals surface area contributed by atoms with Crippen LogP contribution in [0.3, 0.4) is 0 Å². The zero-order valence-electron chi connectivity index (χ0n) is 24.8. The van der Waals surface area contributed by atoms with Gasteiger partial charge in [-0.05, 0) is 41.7 Å². The largest absolute Gasteiger partial charge is 0.392 e. The van der Waals surface area contributed by atoms with Crippen LogP contribution in [0, 0.1) is 0 Å². The molecule has 0 atom stereocenters. The van der Waals surface area contributed by atoms with Gasteiger partial charge in [0, 0.05) is 17.6 Å². The molecule has 0 aliphatic carbocycles. The minimum atomic E-state index is -0.0773. The van der Waals surface area contributed by atoms with E-state index in [0.29, 0.717) is 29.9 Å². The van der Waals surface area contributed by atoms with Crippen molar-refractivity contribution in [1.82, 2.24) is 9.80 Å². The number of halogens is 1. The molecule has 4 rings (SSSR count). The highest BCUT2D eigenvalue weighted by Gasteiger charge is 2.48. The number of aliphatic hydroxyl groups excluding tert-OH is 1. The number of carbonyl (C=O) groups is 2. The summed E-state index contributed by atoms with van der Waals surface area (Å²) >= 11 is 3.53. The van der Waals surface area contributed by atoms with Gasteiger partial charge in [-0.25, -0.2) is 0 Å². The molecule has 2 aliphatic rings. The van der Waals surface area contributed by atoms with Gasteiger partial charge in [0.1, 0.15) is 0 Å². The minimum Gasteiger partial charge on any atom is -0.392 e. The molecular formula is C35H45BrN2O3. The van der Waals surface area contributed by atoms with Crippen LogP contribution in [0.15, 0.2) is 64.1 Å². The van der Waals surface area contributed by atoms with E-state index in [9.17, 15) is 14.7 Å². The maximum atomic E-state index is 14.2. The summed E-state index contributed by atoms with van der Waals surface area (Å²) in [5.41, 5.74) is 5.06. The molecule has 1 N–H and O–H groups in total. The van der Waals surface area contributed by atoms with E-state index in [-0.39, 0.29) is 18.4 Å². The highest BCUT2D eigenvalue weighted by molar-refractivity contribution is 9.10. The van der Waals surface area contributed by atoms with E-state index in [1.165, 1.54) is 38.5 Å². The number of amides is 2. The topological polar surface area (TPSA) is 60.9 Å². The predicted molar refractivity (Wildman–Crippen MR) is 171 cm³/mol. The lowest BCUT2D eigenvalue weighted by Crippen LogP contribution is -2.31. The van der Waals surface area contributed by atoms with E-state index in [1.807, 2.05) is 58.3 Å². The second-order valence-corrected chi connectivity index (χ2v) is 12.2. The first kappa shape index (κ1) is 31.2. The number of carbonyl (C=O) groups excluding carboxylic acids is 2. The number of unbranched alkanes of at least 4 members (excludes halogenated alkanes) is 10. The molecule has 0 aromatic heterocycles. The van der Waals surface area contributed by atoms with Gasteiger partial charge in [0.05, 0.1) is 29.1 Å². The lowest BCUT2D eigenvalue weighted by Gasteiger charge is -2.25. The van der Waals surface area contributed by atoms with Crippen molar-refractivity contribution in [1.29, 1.82) is 0 Å². The molecule has 41 heavy (non-hydrogen) atoms. The number of hydrogen-bond acceptors (Lipinski definition) is 3. The normalized spacial score (nSPS) is 15.1. The Morgan fingerprint density at radius 2 is 0.976 bits per heavy atom. The van der Waals surface area contributed by atoms with Gasteiger partial charge >= 0.3 is 0 Å². The number of benzene rings is 2. The van der Waals surface area contributed by atoms with E-state index in [0.717, 1.165) is 65.4 Å². The Labute approximate surface area is 254 Å². The molecule has 2 aromatic rings. The molecule has 2 aromatic carbocycles. The maximum Gasteiger partial charge on any atom is 0.261 e. The van der Waals surface area contributed by atoms with E-state index in [1.54, 1.807) is 0 Å². The Kier molecular flexibility index (Phi) is 11.8. The van der Waals surface area contributed by atoms with Crippen LogP contribution >= 0.6 is 15.9 Å². The lowest BCUT2D eigenvalue weighted by molar-refractivity contribution is -0.124. The summed E-state index contributed by atoms with van der Waals surface area (Å²) in [7, 11) is 0. The van der Waals surface area contributed by atoms with Crippen molar-refractivity contribution in [2.75, 3.05) is 13.1 Å². The summed E-state index contributed by atoms with van der Waals surface area (Å²) in [6.45, 7) is 5.58. The van der Waals surface area contributed by atoms with Gasteiger partial charge in [0.15, 0.2) is 0 Å². The first-order valence-corrected chi connectivity index (χ1v) is 16.4. The molecule has 6 heteroatoms. The molecule has 0 bridgehead atoms. The lowest BCUT2D eigenvalue weighted by atomic mass is 10.0. The predicted octanol–water partition coefficient (Wildman–Crippen LogP) is 8.47. The van der Waals surface area contributed by atoms with Crippen molar-refractivity contribution in [2.45, 2.75) is 97.5 Å². The number of rotatable bonds is 17. The van der Waals surface area contributed by atoms with E-state index < -0.39 is 0 Å². The third-order valence-corrected chi connectivity index (χ3v) is 8.71. The summed E-state index contributed by atoms with van der Waals surface area (Å²) in [6.07, 6.45) is 13.6. The fraction of sp³-hybridized carbons (Fsp3) is 0.486. The van der Waals surface area contributed by atoms with Gasteiger partial charge in [0.2, 0.25) is 0 Å². The van der Waals surface area contributed by atoms with Crippen LogP contribution < -0.4 is 0 Å².